The molecule has 1 saturated heterocycles. The zero-order valence-electron chi connectivity index (χ0n) is 44.7. The fourth-order valence-corrected chi connectivity index (χ4v) is 11.5. The fraction of sp³-hybridized carbons (Fsp3) is 0.188. The number of hydrogen-bond donors (Lipinski definition) is 1. The number of rotatable bonds is 20. The molecule has 11 aromatic rings. The number of aromatic amines is 1. The number of para-hydroxylation sites is 2. The van der Waals surface area contributed by atoms with Crippen molar-refractivity contribution in [3.8, 4) is 11.5 Å². The van der Waals surface area contributed by atoms with Crippen molar-refractivity contribution in [3.05, 3.63) is 263 Å². The van der Waals surface area contributed by atoms with E-state index in [1.54, 1.807) is 7.05 Å². The Kier molecular flexibility index (Phi) is 14.7. The SMILES string of the molecule is CN1C(=O)c2c(c3c4cccc(OCc5ccccc5)c4n([C@@H]4O[C@H](COCc5ccccc5)[C@@H](OCc5ccccc5)[C@H](OCc5ccccc5)[C@H]4OCc4ccccc4)c3c3[nH]c4c(OCc5ccccc5)cccc4c23)C1=O. The number of fused-ring (bicyclic) bond motifs is 10. The summed E-state index contributed by atoms with van der Waals surface area (Å²) < 4.78 is 52.1. The first-order valence-electron chi connectivity index (χ1n) is 27.4. The number of benzene rings is 9. The van der Waals surface area contributed by atoms with Crippen LogP contribution in [-0.2, 0) is 63.3 Å². The lowest BCUT2D eigenvalue weighted by Crippen LogP contribution is -2.59. The Bertz CT molecular complexity index is 3990. The highest BCUT2D eigenvalue weighted by atomic mass is 16.6. The molecule has 0 unspecified atom stereocenters. The van der Waals surface area contributed by atoms with Crippen LogP contribution in [0.1, 0.15) is 60.3 Å². The van der Waals surface area contributed by atoms with Crippen molar-refractivity contribution in [2.45, 2.75) is 70.3 Å². The van der Waals surface area contributed by atoms with Crippen molar-refractivity contribution in [2.75, 3.05) is 13.7 Å². The third-order valence-electron chi connectivity index (χ3n) is 15.4. The molecule has 12 nitrogen and oxygen atoms in total. The van der Waals surface area contributed by atoms with Crippen LogP contribution in [0.4, 0.5) is 0 Å². The summed E-state index contributed by atoms with van der Waals surface area (Å²) in [6.45, 7) is 1.60. The number of carbonyl (C=O) groups is 2. The van der Waals surface area contributed by atoms with E-state index in [1.807, 2.05) is 218 Å². The highest BCUT2D eigenvalue weighted by Crippen LogP contribution is 2.50. The summed E-state index contributed by atoms with van der Waals surface area (Å²) in [4.78, 5) is 35.0. The number of imide groups is 1. The van der Waals surface area contributed by atoms with Crippen molar-refractivity contribution in [1.82, 2.24) is 14.5 Å². The van der Waals surface area contributed by atoms with E-state index >= 15 is 4.79 Å². The van der Waals surface area contributed by atoms with Gasteiger partial charge in [0.2, 0.25) is 0 Å². The van der Waals surface area contributed by atoms with Gasteiger partial charge in [-0.3, -0.25) is 14.5 Å². The molecule has 13 rings (SSSR count). The summed E-state index contributed by atoms with van der Waals surface area (Å²) in [6, 6.07) is 71.9. The first kappa shape index (κ1) is 51.6. The predicted molar refractivity (Wildman–Crippen MR) is 312 cm³/mol. The van der Waals surface area contributed by atoms with Gasteiger partial charge in [-0.25, -0.2) is 0 Å². The highest BCUT2D eigenvalue weighted by molar-refractivity contribution is 6.39. The topological polar surface area (TPSA) is 123 Å². The van der Waals surface area contributed by atoms with Crippen molar-refractivity contribution in [1.29, 1.82) is 0 Å². The van der Waals surface area contributed by atoms with Crippen LogP contribution in [0.3, 0.4) is 0 Å². The lowest BCUT2D eigenvalue weighted by Gasteiger charge is -2.47. The summed E-state index contributed by atoms with van der Waals surface area (Å²) >= 11 is 0. The minimum atomic E-state index is -1.04. The Morgan fingerprint density at radius 1 is 0.420 bits per heavy atom. The summed E-state index contributed by atoms with van der Waals surface area (Å²) in [7, 11) is 1.54. The number of ether oxygens (including phenoxy) is 7. The maximum atomic E-state index is 15.1. The Labute approximate surface area is 468 Å². The monoisotopic (exact) mass is 1070 g/mol. The summed E-state index contributed by atoms with van der Waals surface area (Å²) in [5.41, 5.74) is 8.91. The van der Waals surface area contributed by atoms with Crippen LogP contribution >= 0.6 is 0 Å². The number of nitrogens with one attached hydrogen (secondary N) is 1. The minimum absolute atomic E-state index is 0.104. The molecule has 0 aliphatic carbocycles. The van der Waals surface area contributed by atoms with Crippen molar-refractivity contribution in [2.24, 2.45) is 0 Å². The molecule has 12 heteroatoms. The van der Waals surface area contributed by atoms with Crippen LogP contribution in [0.25, 0.3) is 43.6 Å². The second-order valence-electron chi connectivity index (χ2n) is 20.6. The van der Waals surface area contributed by atoms with Crippen LogP contribution in [-0.4, -0.2) is 64.3 Å². The number of amides is 2. The van der Waals surface area contributed by atoms with Crippen molar-refractivity contribution < 1.29 is 42.7 Å². The summed E-state index contributed by atoms with van der Waals surface area (Å²) in [5, 5.41) is 2.54. The zero-order valence-corrected chi connectivity index (χ0v) is 44.7. The van der Waals surface area contributed by atoms with E-state index in [1.165, 1.54) is 4.90 Å². The quantitative estimate of drug-likeness (QED) is 0.0743. The molecule has 9 aromatic carbocycles. The molecule has 81 heavy (non-hydrogen) atoms. The second kappa shape index (κ2) is 23.1. The Hall–Kier alpha value is -8.88. The van der Waals surface area contributed by atoms with Gasteiger partial charge in [0.1, 0.15) is 49.1 Å². The second-order valence-corrected chi connectivity index (χ2v) is 20.6. The molecular weight excluding hydrogens is 1010 g/mol. The molecule has 2 aliphatic heterocycles. The smallest absolute Gasteiger partial charge is 0.262 e. The van der Waals surface area contributed by atoms with E-state index in [0.29, 0.717) is 68.5 Å². The molecule has 2 amide bonds. The maximum absolute atomic E-state index is 15.1. The van der Waals surface area contributed by atoms with E-state index in [9.17, 15) is 4.79 Å². The van der Waals surface area contributed by atoms with Crippen LogP contribution in [0, 0.1) is 0 Å². The van der Waals surface area contributed by atoms with Gasteiger partial charge in [0.25, 0.3) is 11.8 Å². The van der Waals surface area contributed by atoms with Gasteiger partial charge in [-0.1, -0.05) is 206 Å². The van der Waals surface area contributed by atoms with Gasteiger partial charge in [-0.15, -0.1) is 0 Å². The third kappa shape index (κ3) is 10.2. The van der Waals surface area contributed by atoms with Gasteiger partial charge in [-0.2, -0.15) is 0 Å². The maximum Gasteiger partial charge on any atom is 0.262 e. The third-order valence-corrected chi connectivity index (χ3v) is 15.4. The van der Waals surface area contributed by atoms with Crippen LogP contribution in [0.5, 0.6) is 11.5 Å². The number of carbonyl (C=O) groups excluding carboxylic acids is 2. The van der Waals surface area contributed by atoms with Gasteiger partial charge in [0.15, 0.2) is 6.23 Å². The zero-order chi connectivity index (χ0) is 54.7. The minimum Gasteiger partial charge on any atom is -0.487 e. The molecule has 1 N–H and O–H groups in total. The highest BCUT2D eigenvalue weighted by Gasteiger charge is 2.51. The molecule has 0 bridgehead atoms. The lowest BCUT2D eigenvalue weighted by atomic mass is 9.95. The molecule has 404 valence electrons. The van der Waals surface area contributed by atoms with E-state index in [2.05, 4.69) is 9.55 Å². The van der Waals surface area contributed by atoms with E-state index < -0.39 is 42.5 Å². The molecule has 0 spiro atoms. The molecule has 0 saturated carbocycles. The van der Waals surface area contributed by atoms with Gasteiger partial charge in [0.05, 0.1) is 66.2 Å². The summed E-state index contributed by atoms with van der Waals surface area (Å²) in [5.74, 6) is 0.274. The van der Waals surface area contributed by atoms with Crippen LogP contribution in [0.2, 0.25) is 0 Å². The van der Waals surface area contributed by atoms with Crippen molar-refractivity contribution >= 4 is 55.4 Å². The number of H-pyrrole nitrogens is 1. The lowest BCUT2D eigenvalue weighted by molar-refractivity contribution is -0.288. The van der Waals surface area contributed by atoms with Gasteiger partial charge >= 0.3 is 0 Å². The van der Waals surface area contributed by atoms with Crippen LogP contribution < -0.4 is 9.47 Å². The number of nitrogens with zero attached hydrogens (tertiary/aromatic N) is 2. The first-order valence-corrected chi connectivity index (χ1v) is 27.4. The Morgan fingerprint density at radius 3 is 1.38 bits per heavy atom. The van der Waals surface area contributed by atoms with E-state index in [-0.39, 0.29) is 38.6 Å². The van der Waals surface area contributed by atoms with E-state index in [0.717, 1.165) is 38.8 Å². The average Bonchev–Trinajstić information content (AvgIpc) is 3.98. The molecule has 1 fully saturated rings. The average molecular weight is 1070 g/mol. The normalized spacial score (nSPS) is 18.1. The molecule has 4 heterocycles. The number of aromatic nitrogens is 2. The largest absolute Gasteiger partial charge is 0.487 e. The van der Waals surface area contributed by atoms with Gasteiger partial charge in [0, 0.05) is 28.6 Å². The van der Waals surface area contributed by atoms with E-state index in [4.69, 9.17) is 33.2 Å². The summed E-state index contributed by atoms with van der Waals surface area (Å²) in [6.07, 6.45) is -4.29. The standard InChI is InChI=1S/C69H59N3O9/c1-71-67(73)58-56-51-34-20-36-53(76-39-46-24-10-3-11-25-46)60(51)70-61(56)63-57(59(58)68(71)74)52-35-21-37-54(77-40-47-26-12-4-13-27-47)62(52)72(63)69-66(80-43-50-32-18-7-19-33-50)65(79-42-49-30-16-6-17-31-49)64(78-41-48-28-14-5-15-29-48)55(81-69)44-75-38-45-22-8-2-9-23-45/h2-37,55,64-66,69-70H,38-44H2,1H3/t55-,64-,65+,66-,69-/m1/s1. The number of hydrogen-bond acceptors (Lipinski definition) is 9. The Balaban J connectivity index is 1.08. The Morgan fingerprint density at radius 2 is 0.852 bits per heavy atom. The molecule has 0 radical (unpaired) electrons. The molecular formula is C69H59N3O9. The molecule has 2 aliphatic rings. The van der Waals surface area contributed by atoms with Crippen LogP contribution in [0.15, 0.2) is 218 Å². The van der Waals surface area contributed by atoms with Crippen molar-refractivity contribution in [3.63, 3.8) is 0 Å². The fourth-order valence-electron chi connectivity index (χ4n) is 11.5. The first-order chi connectivity index (χ1) is 40.0. The van der Waals surface area contributed by atoms with Gasteiger partial charge < -0.3 is 42.7 Å². The van der Waals surface area contributed by atoms with Gasteiger partial charge in [-0.05, 0) is 45.5 Å². The predicted octanol–water partition coefficient (Wildman–Crippen LogP) is 13.7. The molecule has 2 aromatic heterocycles. The molecule has 5 atom stereocenters.